The minimum Gasteiger partial charge on any atom is -0.433 e. The molecule has 6 heteroatoms. The zero-order chi connectivity index (χ0) is 13.0. The fraction of sp³-hybridized carbons (Fsp3) is 0.909. The molecule has 17 heavy (non-hydrogen) atoms. The summed E-state index contributed by atoms with van der Waals surface area (Å²) in [6.07, 6.45) is -2.15. The molecule has 6 nitrogen and oxygen atoms in total. The van der Waals surface area contributed by atoms with Crippen molar-refractivity contribution < 1.29 is 28.5 Å². The van der Waals surface area contributed by atoms with Crippen LogP contribution < -0.4 is 0 Å². The highest BCUT2D eigenvalue weighted by atomic mass is 16.7. The summed E-state index contributed by atoms with van der Waals surface area (Å²) in [6, 6.07) is 0. The van der Waals surface area contributed by atoms with Crippen molar-refractivity contribution in [3.05, 3.63) is 0 Å². The first-order chi connectivity index (χ1) is 8.04. The van der Waals surface area contributed by atoms with Crippen molar-refractivity contribution in [2.45, 2.75) is 44.6 Å². The molecule has 0 bridgehead atoms. The molecule has 1 aliphatic rings. The molecular weight excluding hydrogens is 228 g/mol. The summed E-state index contributed by atoms with van der Waals surface area (Å²) in [5.74, 6) is -0.421. The van der Waals surface area contributed by atoms with Gasteiger partial charge in [0.2, 0.25) is 6.29 Å². The number of carbonyl (C=O) groups excluding carboxylic acids is 1. The zero-order valence-electron chi connectivity index (χ0n) is 10.8. The van der Waals surface area contributed by atoms with Crippen LogP contribution in [0.3, 0.4) is 0 Å². The Morgan fingerprint density at radius 1 is 1.00 bits per heavy atom. The predicted octanol–water partition coefficient (Wildman–Crippen LogP) is 0.339. The first-order valence-electron chi connectivity index (χ1n) is 5.46. The summed E-state index contributed by atoms with van der Waals surface area (Å²) in [6.45, 7) is 3.16. The summed E-state index contributed by atoms with van der Waals surface area (Å²) in [7, 11) is 4.65. The SMILES string of the molecule is CO[C@@H]1[C@H](OC)[C@@H](OC(C)=O)O[C@@H](C)[C@H]1OC. The van der Waals surface area contributed by atoms with Crippen LogP contribution in [-0.4, -0.2) is 58.0 Å². The van der Waals surface area contributed by atoms with Gasteiger partial charge in [-0.2, -0.15) is 0 Å². The van der Waals surface area contributed by atoms with Crippen molar-refractivity contribution >= 4 is 5.97 Å². The van der Waals surface area contributed by atoms with Crippen LogP contribution in [0.25, 0.3) is 0 Å². The molecule has 0 spiro atoms. The van der Waals surface area contributed by atoms with Gasteiger partial charge >= 0.3 is 5.97 Å². The van der Waals surface area contributed by atoms with Crippen molar-refractivity contribution in [2.24, 2.45) is 0 Å². The summed E-state index contributed by atoms with van der Waals surface area (Å²) in [4.78, 5) is 11.0. The van der Waals surface area contributed by atoms with E-state index in [-0.39, 0.29) is 18.3 Å². The molecule has 0 saturated carbocycles. The van der Waals surface area contributed by atoms with Gasteiger partial charge in [0, 0.05) is 28.3 Å². The molecule has 1 rings (SSSR count). The number of hydrogen-bond acceptors (Lipinski definition) is 6. The Morgan fingerprint density at radius 3 is 1.94 bits per heavy atom. The number of esters is 1. The highest BCUT2D eigenvalue weighted by Gasteiger charge is 2.46. The van der Waals surface area contributed by atoms with Crippen LogP contribution >= 0.6 is 0 Å². The minimum absolute atomic E-state index is 0.249. The molecule has 0 N–H and O–H groups in total. The van der Waals surface area contributed by atoms with Gasteiger partial charge in [0.25, 0.3) is 0 Å². The quantitative estimate of drug-likeness (QED) is 0.668. The van der Waals surface area contributed by atoms with Crippen molar-refractivity contribution in [2.75, 3.05) is 21.3 Å². The maximum absolute atomic E-state index is 11.0. The molecule has 0 aromatic carbocycles. The van der Waals surface area contributed by atoms with E-state index in [4.69, 9.17) is 23.7 Å². The van der Waals surface area contributed by atoms with E-state index in [2.05, 4.69) is 0 Å². The number of hydrogen-bond donors (Lipinski definition) is 0. The molecule has 0 amide bonds. The Kier molecular flexibility index (Phi) is 5.32. The average Bonchev–Trinajstić information content (AvgIpc) is 2.27. The van der Waals surface area contributed by atoms with Crippen LogP contribution in [0.15, 0.2) is 0 Å². The van der Waals surface area contributed by atoms with Crippen LogP contribution in [0, 0.1) is 0 Å². The van der Waals surface area contributed by atoms with Crippen molar-refractivity contribution in [1.82, 2.24) is 0 Å². The van der Waals surface area contributed by atoms with Gasteiger partial charge in [-0.1, -0.05) is 0 Å². The molecule has 1 saturated heterocycles. The normalized spacial score (nSPS) is 37.8. The smallest absolute Gasteiger partial charge is 0.305 e. The van der Waals surface area contributed by atoms with E-state index in [1.807, 2.05) is 6.92 Å². The summed E-state index contributed by atoms with van der Waals surface area (Å²) >= 11 is 0. The van der Waals surface area contributed by atoms with Crippen molar-refractivity contribution in [1.29, 1.82) is 0 Å². The molecule has 1 aliphatic heterocycles. The van der Waals surface area contributed by atoms with Gasteiger partial charge in [-0.3, -0.25) is 4.79 Å². The van der Waals surface area contributed by atoms with Gasteiger partial charge in [-0.25, -0.2) is 0 Å². The number of carbonyl (C=O) groups is 1. The Bertz CT molecular complexity index is 256. The van der Waals surface area contributed by atoms with Crippen LogP contribution in [0.5, 0.6) is 0 Å². The zero-order valence-corrected chi connectivity index (χ0v) is 10.8. The van der Waals surface area contributed by atoms with Crippen LogP contribution in [0.2, 0.25) is 0 Å². The monoisotopic (exact) mass is 248 g/mol. The Labute approximate surface area is 101 Å². The summed E-state index contributed by atoms with van der Waals surface area (Å²) in [5, 5.41) is 0. The number of methoxy groups -OCH3 is 3. The third-order valence-electron chi connectivity index (χ3n) is 2.83. The second-order valence-corrected chi connectivity index (χ2v) is 3.92. The molecule has 0 unspecified atom stereocenters. The fourth-order valence-electron chi connectivity index (χ4n) is 2.07. The molecule has 0 radical (unpaired) electrons. The van der Waals surface area contributed by atoms with Gasteiger partial charge < -0.3 is 23.7 Å². The van der Waals surface area contributed by atoms with Gasteiger partial charge in [-0.15, -0.1) is 0 Å². The van der Waals surface area contributed by atoms with Crippen molar-refractivity contribution in [3.63, 3.8) is 0 Å². The second-order valence-electron chi connectivity index (χ2n) is 3.92. The molecule has 5 atom stereocenters. The Morgan fingerprint density at radius 2 is 1.53 bits per heavy atom. The molecular formula is C11H20O6. The van der Waals surface area contributed by atoms with Gasteiger partial charge in [-0.05, 0) is 6.92 Å². The number of ether oxygens (including phenoxy) is 5. The molecule has 0 aromatic rings. The van der Waals surface area contributed by atoms with E-state index >= 15 is 0 Å². The van der Waals surface area contributed by atoms with Gasteiger partial charge in [0.1, 0.15) is 18.3 Å². The van der Waals surface area contributed by atoms with E-state index in [0.717, 1.165) is 0 Å². The first kappa shape index (κ1) is 14.4. The molecule has 0 aliphatic carbocycles. The van der Waals surface area contributed by atoms with E-state index in [1.54, 1.807) is 14.2 Å². The third-order valence-corrected chi connectivity index (χ3v) is 2.83. The topological polar surface area (TPSA) is 63.2 Å². The van der Waals surface area contributed by atoms with E-state index < -0.39 is 18.4 Å². The Hall–Kier alpha value is -0.690. The lowest BCUT2D eigenvalue weighted by atomic mass is 9.99. The molecule has 1 fully saturated rings. The van der Waals surface area contributed by atoms with E-state index in [1.165, 1.54) is 14.0 Å². The highest BCUT2D eigenvalue weighted by Crippen LogP contribution is 2.27. The Balaban J connectivity index is 2.84. The average molecular weight is 248 g/mol. The lowest BCUT2D eigenvalue weighted by Gasteiger charge is -2.43. The largest absolute Gasteiger partial charge is 0.433 e. The predicted molar refractivity (Wildman–Crippen MR) is 58.5 cm³/mol. The van der Waals surface area contributed by atoms with Gasteiger partial charge in [0.05, 0.1) is 6.10 Å². The van der Waals surface area contributed by atoms with E-state index in [9.17, 15) is 4.79 Å². The van der Waals surface area contributed by atoms with E-state index in [0.29, 0.717) is 0 Å². The lowest BCUT2D eigenvalue weighted by molar-refractivity contribution is -0.296. The van der Waals surface area contributed by atoms with Crippen LogP contribution in [-0.2, 0) is 28.5 Å². The fourth-order valence-corrected chi connectivity index (χ4v) is 2.07. The summed E-state index contributed by atoms with van der Waals surface area (Å²) in [5.41, 5.74) is 0. The molecule has 1 heterocycles. The minimum atomic E-state index is -0.774. The maximum atomic E-state index is 11.0. The second kappa shape index (κ2) is 6.30. The van der Waals surface area contributed by atoms with Crippen LogP contribution in [0.1, 0.15) is 13.8 Å². The molecule has 100 valence electrons. The highest BCUT2D eigenvalue weighted by molar-refractivity contribution is 5.66. The molecule has 0 aromatic heterocycles. The maximum Gasteiger partial charge on any atom is 0.305 e. The summed E-state index contributed by atoms with van der Waals surface area (Å²) < 4.78 is 26.6. The van der Waals surface area contributed by atoms with Crippen LogP contribution in [0.4, 0.5) is 0 Å². The first-order valence-corrected chi connectivity index (χ1v) is 5.46. The lowest BCUT2D eigenvalue weighted by Crippen LogP contribution is -2.59. The van der Waals surface area contributed by atoms with Crippen molar-refractivity contribution in [3.8, 4) is 0 Å². The number of rotatable bonds is 4. The van der Waals surface area contributed by atoms with Gasteiger partial charge in [0.15, 0.2) is 0 Å². The third kappa shape index (κ3) is 3.16. The standard InChI is InChI=1S/C11H20O6/c1-6-8(13-3)9(14-4)10(15-5)11(16-6)17-7(2)12/h6,8-11H,1-5H3/t6-,8+,9-,10-,11+/m0/s1.